The lowest BCUT2D eigenvalue weighted by atomic mass is 10.1. The molecule has 0 spiro atoms. The minimum absolute atomic E-state index is 0.447. The smallest absolute Gasteiger partial charge is 0.324 e. The fourth-order valence-corrected chi connectivity index (χ4v) is 3.34. The summed E-state index contributed by atoms with van der Waals surface area (Å²) in [5, 5.41) is 43.8. The number of fused-ring (bicyclic) bond motifs is 4. The van der Waals surface area contributed by atoms with Crippen LogP contribution >= 0.6 is 0 Å². The Kier molecular flexibility index (Phi) is 5.24. The maximum atomic E-state index is 10.4. The second-order valence-electron chi connectivity index (χ2n) is 6.85. The molecule has 12 nitrogen and oxygen atoms in total. The number of hydrogen-bond donors (Lipinski definition) is 2. The van der Waals surface area contributed by atoms with Crippen molar-refractivity contribution in [3.63, 3.8) is 0 Å². The van der Waals surface area contributed by atoms with E-state index in [0.717, 1.165) is 16.7 Å². The van der Waals surface area contributed by atoms with E-state index in [2.05, 4.69) is 40.3 Å². The van der Waals surface area contributed by atoms with Crippen LogP contribution in [0.15, 0.2) is 66.7 Å². The topological polar surface area (TPSA) is 178 Å². The summed E-state index contributed by atoms with van der Waals surface area (Å²) in [6.07, 6.45) is 0. The maximum absolute atomic E-state index is 10.4. The summed E-state index contributed by atoms with van der Waals surface area (Å²) in [7, 11) is 0. The van der Waals surface area contributed by atoms with Crippen molar-refractivity contribution in [3.8, 4) is 5.75 Å². The van der Waals surface area contributed by atoms with Crippen LogP contribution in [0, 0.1) is 30.3 Å². The minimum atomic E-state index is -1.21. The average molecular weight is 447 g/mol. The number of nitro benzene ring substituents is 3. The molecule has 0 saturated heterocycles. The van der Waals surface area contributed by atoms with Gasteiger partial charge in [0.2, 0.25) is 0 Å². The van der Waals surface area contributed by atoms with Crippen molar-refractivity contribution in [2.45, 2.75) is 0 Å². The summed E-state index contributed by atoms with van der Waals surface area (Å²) in [6, 6.07) is 19.6. The monoisotopic (exact) mass is 447 g/mol. The molecule has 0 radical (unpaired) electrons. The van der Waals surface area contributed by atoms with Crippen molar-refractivity contribution in [1.29, 1.82) is 0 Å². The van der Waals surface area contributed by atoms with Gasteiger partial charge in [-0.3, -0.25) is 30.3 Å². The molecule has 164 valence electrons. The summed E-state index contributed by atoms with van der Waals surface area (Å²) in [5.74, 6) is -1.21. The van der Waals surface area contributed by atoms with Gasteiger partial charge in [0.15, 0.2) is 0 Å². The molecule has 33 heavy (non-hydrogen) atoms. The quantitative estimate of drug-likeness (QED) is 0.287. The summed E-state index contributed by atoms with van der Waals surface area (Å²) < 4.78 is 0. The first-order valence-electron chi connectivity index (χ1n) is 9.32. The van der Waals surface area contributed by atoms with Crippen LogP contribution in [-0.4, -0.2) is 29.8 Å². The highest BCUT2D eigenvalue weighted by atomic mass is 16.6. The molecule has 0 aliphatic rings. The molecule has 0 aliphatic carbocycles. The van der Waals surface area contributed by atoms with Crippen molar-refractivity contribution in [3.05, 3.63) is 97.1 Å². The van der Waals surface area contributed by atoms with E-state index >= 15 is 0 Å². The third-order valence-corrected chi connectivity index (χ3v) is 4.85. The number of H-pyrrole nitrogens is 1. The number of nitrogens with one attached hydrogen (secondary N) is 1. The van der Waals surface area contributed by atoms with Crippen molar-refractivity contribution >= 4 is 49.9 Å². The van der Waals surface area contributed by atoms with Gasteiger partial charge in [-0.05, 0) is 18.2 Å². The molecule has 0 bridgehead atoms. The summed E-state index contributed by atoms with van der Waals surface area (Å²) in [4.78, 5) is 35.8. The lowest BCUT2D eigenvalue weighted by Gasteiger charge is -1.97. The molecular weight excluding hydrogens is 434 g/mol. The largest absolute Gasteiger partial charge is 0.497 e. The Morgan fingerprint density at radius 3 is 2.00 bits per heavy atom. The number of nitrogens with zero attached hydrogens (tertiary/aromatic N) is 4. The third kappa shape index (κ3) is 3.95. The lowest BCUT2D eigenvalue weighted by molar-refractivity contribution is -0.404. The number of benzene rings is 3. The van der Waals surface area contributed by atoms with E-state index in [1.807, 2.05) is 24.3 Å². The minimum Gasteiger partial charge on any atom is -0.497 e. The fraction of sp³-hybridized carbons (Fsp3) is 0. The standard InChI is InChI=1S/C15H10N2.C6H3N3O7/c1-3-7-13-10(5-1)9-12-11-6-2-4-8-14(11)17-15(12)16-13;10-6-4(8(13)14)1-3(7(11)12)2-5(6)9(15)16/h1-9H,(H,16,17);1-2,10H. The Morgan fingerprint density at radius 1 is 0.758 bits per heavy atom. The number of para-hydroxylation sites is 2. The van der Waals surface area contributed by atoms with Gasteiger partial charge >= 0.3 is 11.4 Å². The van der Waals surface area contributed by atoms with Gasteiger partial charge in [-0.25, -0.2) is 4.98 Å². The third-order valence-electron chi connectivity index (χ3n) is 4.85. The Hall–Kier alpha value is -5.13. The van der Waals surface area contributed by atoms with Crippen LogP contribution in [0.25, 0.3) is 32.8 Å². The zero-order valence-electron chi connectivity index (χ0n) is 16.5. The Morgan fingerprint density at radius 2 is 1.36 bits per heavy atom. The summed E-state index contributed by atoms with van der Waals surface area (Å²) >= 11 is 0. The van der Waals surface area contributed by atoms with Gasteiger partial charge in [0.1, 0.15) is 5.65 Å². The van der Waals surface area contributed by atoms with Crippen LogP contribution in [0.4, 0.5) is 17.1 Å². The number of non-ortho nitro benzene ring substituents is 1. The predicted molar refractivity (Wildman–Crippen MR) is 119 cm³/mol. The molecule has 5 aromatic rings. The number of aromatic nitrogens is 2. The predicted octanol–water partition coefficient (Wildman–Crippen LogP) is 4.99. The molecular formula is C21H13N5O7. The number of aromatic amines is 1. The lowest BCUT2D eigenvalue weighted by Crippen LogP contribution is -1.97. The molecule has 0 atom stereocenters. The van der Waals surface area contributed by atoms with Crippen molar-refractivity contribution in [1.82, 2.24) is 9.97 Å². The second kappa shape index (κ2) is 8.19. The molecule has 2 heterocycles. The molecule has 3 aromatic carbocycles. The molecule has 0 fully saturated rings. The molecule has 0 amide bonds. The van der Waals surface area contributed by atoms with E-state index in [-0.39, 0.29) is 0 Å². The molecule has 2 aromatic heterocycles. The second-order valence-corrected chi connectivity index (χ2v) is 6.85. The molecule has 0 aliphatic heterocycles. The first kappa shape index (κ1) is 21.1. The van der Waals surface area contributed by atoms with Gasteiger partial charge in [0, 0.05) is 21.7 Å². The normalized spacial score (nSPS) is 10.7. The van der Waals surface area contributed by atoms with E-state index in [4.69, 9.17) is 5.11 Å². The van der Waals surface area contributed by atoms with E-state index in [9.17, 15) is 30.3 Å². The van der Waals surface area contributed by atoms with E-state index in [0.29, 0.717) is 12.1 Å². The Bertz CT molecular complexity index is 1540. The number of pyridine rings is 1. The van der Waals surface area contributed by atoms with Crippen molar-refractivity contribution < 1.29 is 19.9 Å². The number of phenols is 1. The van der Waals surface area contributed by atoms with E-state index < -0.39 is 37.6 Å². The highest BCUT2D eigenvalue weighted by molar-refractivity contribution is 6.09. The van der Waals surface area contributed by atoms with Crippen molar-refractivity contribution in [2.75, 3.05) is 0 Å². The Balaban J connectivity index is 0.000000158. The summed E-state index contributed by atoms with van der Waals surface area (Å²) in [6.45, 7) is 0. The van der Waals surface area contributed by atoms with Gasteiger partial charge in [0.25, 0.3) is 11.4 Å². The van der Waals surface area contributed by atoms with Crippen LogP contribution in [-0.2, 0) is 0 Å². The van der Waals surface area contributed by atoms with Gasteiger partial charge in [-0.15, -0.1) is 0 Å². The zero-order valence-corrected chi connectivity index (χ0v) is 16.5. The molecule has 5 rings (SSSR count). The van der Waals surface area contributed by atoms with Crippen LogP contribution < -0.4 is 0 Å². The highest BCUT2D eigenvalue weighted by Gasteiger charge is 2.30. The van der Waals surface area contributed by atoms with Crippen LogP contribution in [0.3, 0.4) is 0 Å². The van der Waals surface area contributed by atoms with Crippen molar-refractivity contribution in [2.24, 2.45) is 0 Å². The fourth-order valence-electron chi connectivity index (χ4n) is 3.34. The van der Waals surface area contributed by atoms with E-state index in [1.54, 1.807) is 0 Å². The first-order chi connectivity index (χ1) is 15.8. The number of nitro groups is 3. The van der Waals surface area contributed by atoms with Crippen LogP contribution in [0.1, 0.15) is 0 Å². The van der Waals surface area contributed by atoms with Gasteiger partial charge in [0.05, 0.1) is 32.4 Å². The summed E-state index contributed by atoms with van der Waals surface area (Å²) in [5.41, 5.74) is 0.139. The number of phenolic OH excluding ortho intramolecular Hbond substituents is 1. The SMILES string of the molecule is O=[N+]([O-])c1cc([N+](=O)[O-])c(O)c([N+](=O)[O-])c1.c1ccc2nc3[nH]c4ccccc4c3cc2c1. The van der Waals surface area contributed by atoms with E-state index in [1.165, 1.54) is 16.2 Å². The molecule has 0 unspecified atom stereocenters. The van der Waals surface area contributed by atoms with Gasteiger partial charge in [-0.2, -0.15) is 0 Å². The average Bonchev–Trinajstić information content (AvgIpc) is 3.15. The van der Waals surface area contributed by atoms with Gasteiger partial charge in [-0.1, -0.05) is 36.4 Å². The molecule has 0 saturated carbocycles. The molecule has 2 N–H and O–H groups in total. The van der Waals surface area contributed by atoms with Crippen LogP contribution in [0.2, 0.25) is 0 Å². The van der Waals surface area contributed by atoms with Crippen LogP contribution in [0.5, 0.6) is 5.75 Å². The number of rotatable bonds is 3. The maximum Gasteiger partial charge on any atom is 0.324 e. The highest BCUT2D eigenvalue weighted by Crippen LogP contribution is 2.39. The number of aromatic hydroxyl groups is 1. The number of hydrogen-bond acceptors (Lipinski definition) is 8. The van der Waals surface area contributed by atoms with Gasteiger partial charge < -0.3 is 10.1 Å². The first-order valence-corrected chi connectivity index (χ1v) is 9.32. The Labute approximate surface area is 183 Å². The zero-order chi connectivity index (χ0) is 23.7. The molecule has 12 heteroatoms.